The van der Waals surface area contributed by atoms with Gasteiger partial charge in [-0.15, -0.1) is 0 Å². The zero-order valence-corrected chi connectivity index (χ0v) is 10.5. The highest BCUT2D eigenvalue weighted by Gasteiger charge is 2.21. The van der Waals surface area contributed by atoms with Gasteiger partial charge in [-0.1, -0.05) is 18.9 Å². The molecule has 2 nitrogen and oxygen atoms in total. The maximum Gasteiger partial charge on any atom is 0.165 e. The number of hydrogen-bond acceptors (Lipinski definition) is 2. The van der Waals surface area contributed by atoms with Gasteiger partial charge in [-0.05, 0) is 43.9 Å². The molecule has 0 aromatic heterocycles. The third kappa shape index (κ3) is 3.43. The van der Waals surface area contributed by atoms with Gasteiger partial charge in [-0.3, -0.25) is 0 Å². The van der Waals surface area contributed by atoms with Crippen molar-refractivity contribution in [3.63, 3.8) is 0 Å². The standard InChI is InChI=1S/C14H20FNO/c1-14(2,16)11-5-6-12(15)13(9-11)17-8-7-10-3-4-10/h5-6,9-10H,3-4,7-8,16H2,1-2H3. The van der Waals surface area contributed by atoms with Gasteiger partial charge in [0.1, 0.15) is 0 Å². The van der Waals surface area contributed by atoms with Gasteiger partial charge in [-0.2, -0.15) is 0 Å². The van der Waals surface area contributed by atoms with E-state index in [2.05, 4.69) is 0 Å². The van der Waals surface area contributed by atoms with Gasteiger partial charge in [0.05, 0.1) is 6.61 Å². The number of nitrogens with two attached hydrogens (primary N) is 1. The van der Waals surface area contributed by atoms with Crippen molar-refractivity contribution in [2.24, 2.45) is 11.7 Å². The van der Waals surface area contributed by atoms with Gasteiger partial charge in [0, 0.05) is 5.54 Å². The molecular weight excluding hydrogens is 217 g/mol. The molecule has 0 atom stereocenters. The molecular formula is C14H20FNO. The second-order valence-electron chi connectivity index (χ2n) is 5.45. The van der Waals surface area contributed by atoms with Gasteiger partial charge in [0.25, 0.3) is 0 Å². The minimum atomic E-state index is -0.470. The van der Waals surface area contributed by atoms with E-state index in [1.54, 1.807) is 12.1 Å². The van der Waals surface area contributed by atoms with Crippen molar-refractivity contribution in [3.05, 3.63) is 29.6 Å². The van der Waals surface area contributed by atoms with E-state index < -0.39 is 5.54 Å². The molecule has 94 valence electrons. The van der Waals surface area contributed by atoms with E-state index in [1.807, 2.05) is 13.8 Å². The van der Waals surface area contributed by atoms with E-state index in [0.29, 0.717) is 12.4 Å². The van der Waals surface area contributed by atoms with E-state index in [-0.39, 0.29) is 5.82 Å². The van der Waals surface area contributed by atoms with Crippen molar-refractivity contribution >= 4 is 0 Å². The summed E-state index contributed by atoms with van der Waals surface area (Å²) in [4.78, 5) is 0. The Kier molecular flexibility index (Phi) is 3.38. The van der Waals surface area contributed by atoms with Crippen LogP contribution in [0.1, 0.15) is 38.7 Å². The van der Waals surface area contributed by atoms with Gasteiger partial charge >= 0.3 is 0 Å². The normalized spacial score (nSPS) is 16.0. The molecule has 0 amide bonds. The monoisotopic (exact) mass is 237 g/mol. The number of hydrogen-bond donors (Lipinski definition) is 1. The average molecular weight is 237 g/mol. The third-order valence-corrected chi connectivity index (χ3v) is 3.16. The van der Waals surface area contributed by atoms with Crippen LogP contribution in [0.5, 0.6) is 5.75 Å². The molecule has 2 N–H and O–H groups in total. The molecule has 0 unspecified atom stereocenters. The van der Waals surface area contributed by atoms with Crippen LogP contribution in [-0.4, -0.2) is 6.61 Å². The zero-order chi connectivity index (χ0) is 12.5. The molecule has 3 heteroatoms. The van der Waals surface area contributed by atoms with Crippen LogP contribution in [0.25, 0.3) is 0 Å². The summed E-state index contributed by atoms with van der Waals surface area (Å²) in [7, 11) is 0. The first-order valence-electron chi connectivity index (χ1n) is 6.18. The van der Waals surface area contributed by atoms with Crippen LogP contribution in [0.4, 0.5) is 4.39 Å². The fraction of sp³-hybridized carbons (Fsp3) is 0.571. The molecule has 1 aromatic carbocycles. The zero-order valence-electron chi connectivity index (χ0n) is 10.5. The van der Waals surface area contributed by atoms with Crippen molar-refractivity contribution in [1.82, 2.24) is 0 Å². The number of ether oxygens (including phenoxy) is 1. The van der Waals surface area contributed by atoms with Crippen molar-refractivity contribution in [2.45, 2.75) is 38.6 Å². The lowest BCUT2D eigenvalue weighted by Crippen LogP contribution is -2.28. The lowest BCUT2D eigenvalue weighted by atomic mass is 9.95. The smallest absolute Gasteiger partial charge is 0.165 e. The predicted octanol–water partition coefficient (Wildman–Crippen LogP) is 3.20. The molecule has 0 spiro atoms. The summed E-state index contributed by atoms with van der Waals surface area (Å²) < 4.78 is 19.0. The molecule has 1 saturated carbocycles. The first-order valence-corrected chi connectivity index (χ1v) is 6.18. The van der Waals surface area contributed by atoms with Crippen molar-refractivity contribution in [2.75, 3.05) is 6.61 Å². The van der Waals surface area contributed by atoms with Crippen LogP contribution in [0.15, 0.2) is 18.2 Å². The van der Waals surface area contributed by atoms with Crippen LogP contribution < -0.4 is 10.5 Å². The van der Waals surface area contributed by atoms with E-state index in [0.717, 1.165) is 17.9 Å². The molecule has 2 rings (SSSR count). The Morgan fingerprint density at radius 1 is 1.41 bits per heavy atom. The number of rotatable bonds is 5. The average Bonchev–Trinajstić information content (AvgIpc) is 3.03. The Balaban J connectivity index is 2.03. The second kappa shape index (κ2) is 4.65. The van der Waals surface area contributed by atoms with Crippen LogP contribution in [0.3, 0.4) is 0 Å². The molecule has 17 heavy (non-hydrogen) atoms. The largest absolute Gasteiger partial charge is 0.490 e. The quantitative estimate of drug-likeness (QED) is 0.853. The van der Waals surface area contributed by atoms with Gasteiger partial charge in [-0.25, -0.2) is 4.39 Å². The summed E-state index contributed by atoms with van der Waals surface area (Å²) in [6.07, 6.45) is 3.61. The summed E-state index contributed by atoms with van der Waals surface area (Å²) >= 11 is 0. The Labute approximate surface area is 102 Å². The van der Waals surface area contributed by atoms with Crippen molar-refractivity contribution in [1.29, 1.82) is 0 Å². The fourth-order valence-corrected chi connectivity index (χ4v) is 1.76. The topological polar surface area (TPSA) is 35.2 Å². The molecule has 0 saturated heterocycles. The van der Waals surface area contributed by atoms with Crippen molar-refractivity contribution < 1.29 is 9.13 Å². The van der Waals surface area contributed by atoms with Gasteiger partial charge < -0.3 is 10.5 Å². The fourth-order valence-electron chi connectivity index (χ4n) is 1.76. The van der Waals surface area contributed by atoms with Crippen LogP contribution in [-0.2, 0) is 5.54 Å². The maximum absolute atomic E-state index is 13.5. The van der Waals surface area contributed by atoms with Crippen molar-refractivity contribution in [3.8, 4) is 5.75 Å². The maximum atomic E-state index is 13.5. The third-order valence-electron chi connectivity index (χ3n) is 3.16. The molecule has 1 fully saturated rings. The van der Waals surface area contributed by atoms with E-state index >= 15 is 0 Å². The van der Waals surface area contributed by atoms with Gasteiger partial charge in [0.15, 0.2) is 11.6 Å². The summed E-state index contributed by atoms with van der Waals surface area (Å²) in [6, 6.07) is 4.85. The predicted molar refractivity (Wildman–Crippen MR) is 66.4 cm³/mol. The lowest BCUT2D eigenvalue weighted by Gasteiger charge is -2.20. The van der Waals surface area contributed by atoms with Crippen LogP contribution in [0.2, 0.25) is 0 Å². The number of benzene rings is 1. The molecule has 0 radical (unpaired) electrons. The first-order chi connectivity index (χ1) is 7.97. The highest BCUT2D eigenvalue weighted by molar-refractivity contribution is 5.33. The Bertz CT molecular complexity index is 394. The Morgan fingerprint density at radius 2 is 2.12 bits per heavy atom. The molecule has 1 aliphatic rings. The van der Waals surface area contributed by atoms with Gasteiger partial charge in [0.2, 0.25) is 0 Å². The van der Waals surface area contributed by atoms with E-state index in [1.165, 1.54) is 18.9 Å². The Hall–Kier alpha value is -1.09. The summed E-state index contributed by atoms with van der Waals surface area (Å²) in [5.74, 6) is 0.808. The minimum Gasteiger partial charge on any atom is -0.490 e. The van der Waals surface area contributed by atoms with E-state index in [9.17, 15) is 4.39 Å². The molecule has 1 aromatic rings. The highest BCUT2D eigenvalue weighted by Crippen LogP contribution is 2.32. The van der Waals surface area contributed by atoms with E-state index in [4.69, 9.17) is 10.5 Å². The second-order valence-corrected chi connectivity index (χ2v) is 5.45. The van der Waals surface area contributed by atoms with Crippen LogP contribution >= 0.6 is 0 Å². The Morgan fingerprint density at radius 3 is 2.71 bits per heavy atom. The highest BCUT2D eigenvalue weighted by atomic mass is 19.1. The first kappa shape index (κ1) is 12.4. The molecule has 1 aliphatic carbocycles. The SMILES string of the molecule is CC(C)(N)c1ccc(F)c(OCCC2CC2)c1. The molecule has 0 aliphatic heterocycles. The lowest BCUT2D eigenvalue weighted by molar-refractivity contribution is 0.287. The van der Waals surface area contributed by atoms with Crippen LogP contribution in [0, 0.1) is 11.7 Å². The molecule has 0 bridgehead atoms. The summed E-state index contributed by atoms with van der Waals surface area (Å²) in [5.41, 5.74) is 6.40. The molecule has 0 heterocycles. The summed E-state index contributed by atoms with van der Waals surface area (Å²) in [6.45, 7) is 4.39. The summed E-state index contributed by atoms with van der Waals surface area (Å²) in [5, 5.41) is 0. The number of halogens is 1. The minimum absolute atomic E-state index is 0.311.